The summed E-state index contributed by atoms with van der Waals surface area (Å²) in [5, 5.41) is 10.3. The molecule has 1 aliphatic rings. The summed E-state index contributed by atoms with van der Waals surface area (Å²) in [5.41, 5.74) is 7.35. The lowest BCUT2D eigenvalue weighted by atomic mass is 10.0. The molecule has 2 unspecified atom stereocenters. The minimum absolute atomic E-state index is 0.429. The average Bonchev–Trinajstić information content (AvgIpc) is 2.39. The van der Waals surface area contributed by atoms with Crippen LogP contribution in [0.15, 0.2) is 24.3 Å². The second-order valence-corrected chi connectivity index (χ2v) is 5.70. The summed E-state index contributed by atoms with van der Waals surface area (Å²) in [7, 11) is 4.26. The molecule has 1 saturated heterocycles. The Kier molecular flexibility index (Phi) is 4.80. The van der Waals surface area contributed by atoms with E-state index in [4.69, 9.17) is 5.73 Å². The number of nitrogen functional groups attached to an aromatic ring is 1. The molecule has 4 heteroatoms. The number of piperidine rings is 1. The molecule has 106 valence electrons. The molecule has 4 nitrogen and oxygen atoms in total. The summed E-state index contributed by atoms with van der Waals surface area (Å²) < 4.78 is 0. The van der Waals surface area contributed by atoms with Gasteiger partial charge in [0.15, 0.2) is 0 Å². The highest BCUT2D eigenvalue weighted by Crippen LogP contribution is 2.19. The van der Waals surface area contributed by atoms with Crippen LogP contribution in [0.4, 0.5) is 5.69 Å². The van der Waals surface area contributed by atoms with Crippen LogP contribution in [0.5, 0.6) is 0 Å². The molecular weight excluding hydrogens is 238 g/mol. The smallest absolute Gasteiger partial charge is 0.0916 e. The SMILES string of the molecule is CN(C)C1CCCN(CC(O)c2ccc(N)cc2)C1. The first-order chi connectivity index (χ1) is 9.06. The zero-order valence-electron chi connectivity index (χ0n) is 11.9. The molecule has 19 heavy (non-hydrogen) atoms. The van der Waals surface area contributed by atoms with Gasteiger partial charge in [0, 0.05) is 24.8 Å². The summed E-state index contributed by atoms with van der Waals surface area (Å²) in [6.07, 6.45) is 2.03. The van der Waals surface area contributed by atoms with Crippen molar-refractivity contribution in [1.82, 2.24) is 9.80 Å². The van der Waals surface area contributed by atoms with Crippen molar-refractivity contribution in [1.29, 1.82) is 0 Å². The lowest BCUT2D eigenvalue weighted by Gasteiger charge is -2.37. The number of nitrogens with two attached hydrogens (primary N) is 1. The number of likely N-dealkylation sites (tertiary alicyclic amines) is 1. The third-order valence-corrected chi connectivity index (χ3v) is 3.96. The Morgan fingerprint density at radius 1 is 1.37 bits per heavy atom. The molecule has 1 fully saturated rings. The predicted molar refractivity (Wildman–Crippen MR) is 79.0 cm³/mol. The number of likely N-dealkylation sites (N-methyl/N-ethyl adjacent to an activating group) is 1. The van der Waals surface area contributed by atoms with Crippen LogP contribution in [0, 0.1) is 0 Å². The van der Waals surface area contributed by atoms with Gasteiger partial charge in [-0.1, -0.05) is 12.1 Å². The van der Waals surface area contributed by atoms with Crippen molar-refractivity contribution in [2.24, 2.45) is 0 Å². The van der Waals surface area contributed by atoms with Gasteiger partial charge in [0.1, 0.15) is 0 Å². The second kappa shape index (κ2) is 6.37. The topological polar surface area (TPSA) is 52.7 Å². The molecule has 0 saturated carbocycles. The van der Waals surface area contributed by atoms with Gasteiger partial charge in [-0.25, -0.2) is 0 Å². The predicted octanol–water partition coefficient (Wildman–Crippen LogP) is 1.33. The van der Waals surface area contributed by atoms with E-state index >= 15 is 0 Å². The van der Waals surface area contributed by atoms with Gasteiger partial charge in [0.05, 0.1) is 6.10 Å². The fourth-order valence-electron chi connectivity index (χ4n) is 2.69. The fraction of sp³-hybridized carbons (Fsp3) is 0.600. The summed E-state index contributed by atoms with van der Waals surface area (Å²) in [6.45, 7) is 2.82. The Morgan fingerprint density at radius 2 is 2.05 bits per heavy atom. The number of rotatable bonds is 4. The van der Waals surface area contributed by atoms with Gasteiger partial charge in [0.2, 0.25) is 0 Å². The molecule has 3 N–H and O–H groups in total. The van der Waals surface area contributed by atoms with Gasteiger partial charge >= 0.3 is 0 Å². The van der Waals surface area contributed by atoms with Crippen LogP contribution >= 0.6 is 0 Å². The molecule has 0 aliphatic carbocycles. The number of anilines is 1. The quantitative estimate of drug-likeness (QED) is 0.805. The van der Waals surface area contributed by atoms with Crippen LogP contribution < -0.4 is 5.73 Å². The van der Waals surface area contributed by atoms with E-state index in [-0.39, 0.29) is 0 Å². The van der Waals surface area contributed by atoms with Crippen LogP contribution in [-0.2, 0) is 0 Å². The van der Waals surface area contributed by atoms with Crippen molar-refractivity contribution in [3.8, 4) is 0 Å². The maximum Gasteiger partial charge on any atom is 0.0916 e. The van der Waals surface area contributed by atoms with E-state index in [0.29, 0.717) is 12.6 Å². The summed E-state index contributed by atoms with van der Waals surface area (Å²) >= 11 is 0. The summed E-state index contributed by atoms with van der Waals surface area (Å²) in [6, 6.07) is 8.11. The molecule has 1 aliphatic heterocycles. The minimum atomic E-state index is -0.429. The number of β-amino-alcohol motifs (C(OH)–C–C–N with tert-alkyl or cyclic N) is 1. The molecule has 0 radical (unpaired) electrons. The van der Waals surface area contributed by atoms with Gasteiger partial charge in [-0.15, -0.1) is 0 Å². The highest BCUT2D eigenvalue weighted by atomic mass is 16.3. The van der Waals surface area contributed by atoms with Crippen molar-refractivity contribution >= 4 is 5.69 Å². The third-order valence-electron chi connectivity index (χ3n) is 3.96. The maximum absolute atomic E-state index is 10.3. The van der Waals surface area contributed by atoms with Gasteiger partial charge in [-0.2, -0.15) is 0 Å². The van der Waals surface area contributed by atoms with Gasteiger partial charge in [-0.3, -0.25) is 4.90 Å². The van der Waals surface area contributed by atoms with E-state index in [2.05, 4.69) is 23.9 Å². The molecule has 2 atom stereocenters. The number of hydrogen-bond donors (Lipinski definition) is 2. The van der Waals surface area contributed by atoms with E-state index in [0.717, 1.165) is 24.3 Å². The number of nitrogens with zero attached hydrogens (tertiary/aromatic N) is 2. The van der Waals surface area contributed by atoms with E-state index in [1.165, 1.54) is 12.8 Å². The summed E-state index contributed by atoms with van der Waals surface area (Å²) in [5.74, 6) is 0. The molecule has 0 amide bonds. The standard InChI is InChI=1S/C15H25N3O/c1-17(2)14-4-3-9-18(10-14)11-15(19)12-5-7-13(16)8-6-12/h5-8,14-15,19H,3-4,9-11,16H2,1-2H3. The van der Waals surface area contributed by atoms with E-state index in [1.807, 2.05) is 24.3 Å². The molecule has 0 bridgehead atoms. The highest BCUT2D eigenvalue weighted by Gasteiger charge is 2.23. The lowest BCUT2D eigenvalue weighted by molar-refractivity contribution is 0.0722. The molecule has 1 aromatic carbocycles. The molecular formula is C15H25N3O. The molecule has 0 spiro atoms. The second-order valence-electron chi connectivity index (χ2n) is 5.70. The van der Waals surface area contributed by atoms with Crippen molar-refractivity contribution in [2.75, 3.05) is 39.5 Å². The average molecular weight is 263 g/mol. The van der Waals surface area contributed by atoms with E-state index in [1.54, 1.807) is 0 Å². The lowest BCUT2D eigenvalue weighted by Crippen LogP contribution is -2.46. The monoisotopic (exact) mass is 263 g/mol. The van der Waals surface area contributed by atoms with Crippen LogP contribution in [0.1, 0.15) is 24.5 Å². The fourth-order valence-corrected chi connectivity index (χ4v) is 2.69. The molecule has 0 aromatic heterocycles. The van der Waals surface area contributed by atoms with Crippen molar-refractivity contribution < 1.29 is 5.11 Å². The number of aliphatic hydroxyl groups excluding tert-OH is 1. The van der Waals surface area contributed by atoms with Crippen molar-refractivity contribution in [3.05, 3.63) is 29.8 Å². The first-order valence-corrected chi connectivity index (χ1v) is 6.98. The number of benzene rings is 1. The summed E-state index contributed by atoms with van der Waals surface area (Å²) in [4.78, 5) is 4.64. The Balaban J connectivity index is 1.91. The van der Waals surface area contributed by atoms with Crippen LogP contribution in [-0.4, -0.2) is 54.7 Å². The number of aliphatic hydroxyl groups is 1. The Hall–Kier alpha value is -1.10. The molecule has 2 rings (SSSR count). The van der Waals surface area contributed by atoms with E-state index < -0.39 is 6.10 Å². The van der Waals surface area contributed by atoms with Crippen molar-refractivity contribution in [3.63, 3.8) is 0 Å². The van der Waals surface area contributed by atoms with Crippen LogP contribution in [0.2, 0.25) is 0 Å². The third kappa shape index (κ3) is 3.93. The largest absolute Gasteiger partial charge is 0.399 e. The van der Waals surface area contributed by atoms with Crippen LogP contribution in [0.3, 0.4) is 0 Å². The van der Waals surface area contributed by atoms with Gasteiger partial charge in [-0.05, 0) is 51.2 Å². The number of hydrogen-bond acceptors (Lipinski definition) is 4. The normalized spacial score (nSPS) is 22.6. The van der Waals surface area contributed by atoms with Gasteiger partial charge < -0.3 is 15.7 Å². The minimum Gasteiger partial charge on any atom is -0.399 e. The Bertz CT molecular complexity index is 391. The highest BCUT2D eigenvalue weighted by molar-refractivity contribution is 5.39. The first kappa shape index (κ1) is 14.3. The van der Waals surface area contributed by atoms with Crippen molar-refractivity contribution in [2.45, 2.75) is 25.0 Å². The zero-order valence-corrected chi connectivity index (χ0v) is 11.9. The molecule has 1 aromatic rings. The van der Waals surface area contributed by atoms with Gasteiger partial charge in [0.25, 0.3) is 0 Å². The maximum atomic E-state index is 10.3. The van der Waals surface area contributed by atoms with E-state index in [9.17, 15) is 5.11 Å². The van der Waals surface area contributed by atoms with Crippen LogP contribution in [0.25, 0.3) is 0 Å². The molecule has 1 heterocycles. The Labute approximate surface area is 115 Å². The first-order valence-electron chi connectivity index (χ1n) is 6.98. The zero-order chi connectivity index (χ0) is 13.8. The Morgan fingerprint density at radius 3 is 2.68 bits per heavy atom.